The highest BCUT2D eigenvalue weighted by Gasteiger charge is 2.42. The molecule has 6 nitrogen and oxygen atoms in total. The molecule has 6 heteroatoms. The van der Waals surface area contributed by atoms with Gasteiger partial charge in [0.2, 0.25) is 5.91 Å². The summed E-state index contributed by atoms with van der Waals surface area (Å²) in [6.07, 6.45) is 3.12. The third kappa shape index (κ3) is 2.24. The largest absolute Gasteiger partial charge is 0.480 e. The topological polar surface area (TPSA) is 87.6 Å². The fraction of sp³-hybridized carbons (Fsp3) is 0.125. The van der Waals surface area contributed by atoms with Gasteiger partial charge in [0, 0.05) is 18.0 Å². The van der Waals surface area contributed by atoms with E-state index in [2.05, 4.69) is 4.98 Å². The third-order valence-corrected chi connectivity index (χ3v) is 3.57. The van der Waals surface area contributed by atoms with Gasteiger partial charge in [0.25, 0.3) is 5.91 Å². The molecule has 0 saturated carbocycles. The normalized spacial score (nSPS) is 17.3. The minimum Gasteiger partial charge on any atom is -0.480 e. The zero-order valence-electron chi connectivity index (χ0n) is 11.5. The second-order valence-electron chi connectivity index (χ2n) is 4.95. The van der Waals surface area contributed by atoms with Crippen molar-refractivity contribution < 1.29 is 19.5 Å². The first-order chi connectivity index (χ1) is 10.6. The first-order valence-electron chi connectivity index (χ1n) is 6.66. The Balaban J connectivity index is 2.04. The summed E-state index contributed by atoms with van der Waals surface area (Å²) >= 11 is 0. The van der Waals surface area contributed by atoms with Gasteiger partial charge in [-0.15, -0.1) is 0 Å². The van der Waals surface area contributed by atoms with E-state index in [1.807, 2.05) is 0 Å². The molecule has 2 heterocycles. The van der Waals surface area contributed by atoms with E-state index in [0.29, 0.717) is 5.56 Å². The predicted molar refractivity (Wildman–Crippen MR) is 75.9 cm³/mol. The van der Waals surface area contributed by atoms with E-state index >= 15 is 0 Å². The lowest BCUT2D eigenvalue weighted by Crippen LogP contribution is -2.46. The molecule has 1 aromatic heterocycles. The molecule has 0 radical (unpaired) electrons. The van der Waals surface area contributed by atoms with Crippen LogP contribution in [0.3, 0.4) is 0 Å². The smallest absolute Gasteiger partial charge is 0.320 e. The molecule has 1 unspecified atom stereocenters. The Morgan fingerprint density at radius 1 is 1.18 bits per heavy atom. The molecular weight excluding hydrogens is 284 g/mol. The molecule has 22 heavy (non-hydrogen) atoms. The summed E-state index contributed by atoms with van der Waals surface area (Å²) in [6.45, 7) is 0.00359. The number of imide groups is 1. The summed E-state index contributed by atoms with van der Waals surface area (Å²) in [5.41, 5.74) is 1.15. The summed E-state index contributed by atoms with van der Waals surface area (Å²) in [6, 6.07) is 9.72. The number of aliphatic carboxylic acids is 1. The van der Waals surface area contributed by atoms with E-state index < -0.39 is 23.7 Å². The van der Waals surface area contributed by atoms with Crippen molar-refractivity contribution in [3.63, 3.8) is 0 Å². The Morgan fingerprint density at radius 2 is 1.95 bits per heavy atom. The summed E-state index contributed by atoms with van der Waals surface area (Å²) in [5, 5.41) is 9.35. The van der Waals surface area contributed by atoms with E-state index in [9.17, 15) is 19.5 Å². The van der Waals surface area contributed by atoms with Crippen molar-refractivity contribution in [3.8, 4) is 0 Å². The molecule has 0 spiro atoms. The number of carbonyl (C=O) groups excluding carboxylic acids is 2. The number of hydrogen-bond acceptors (Lipinski definition) is 4. The highest BCUT2D eigenvalue weighted by molar-refractivity contribution is 6.17. The minimum absolute atomic E-state index is 0.00359. The molecular formula is C16H12N2O4. The average Bonchev–Trinajstić information content (AvgIpc) is 2.52. The van der Waals surface area contributed by atoms with Crippen molar-refractivity contribution in [2.24, 2.45) is 0 Å². The maximum Gasteiger partial charge on any atom is 0.320 e. The van der Waals surface area contributed by atoms with Crippen LogP contribution in [0.2, 0.25) is 0 Å². The number of fused-ring (bicyclic) bond motifs is 1. The Kier molecular flexibility index (Phi) is 3.42. The predicted octanol–water partition coefficient (Wildman–Crippen LogP) is 1.43. The van der Waals surface area contributed by atoms with Gasteiger partial charge < -0.3 is 5.11 Å². The molecule has 1 aromatic carbocycles. The number of benzene rings is 1. The van der Waals surface area contributed by atoms with E-state index in [1.54, 1.807) is 30.5 Å². The number of amides is 2. The van der Waals surface area contributed by atoms with Crippen LogP contribution in [-0.4, -0.2) is 32.8 Å². The van der Waals surface area contributed by atoms with Crippen molar-refractivity contribution in [3.05, 3.63) is 65.5 Å². The van der Waals surface area contributed by atoms with E-state index in [-0.39, 0.29) is 17.7 Å². The second kappa shape index (κ2) is 5.40. The maximum absolute atomic E-state index is 12.5. The van der Waals surface area contributed by atoms with Crippen LogP contribution in [0.15, 0.2) is 48.8 Å². The van der Waals surface area contributed by atoms with Crippen molar-refractivity contribution in [1.82, 2.24) is 9.88 Å². The lowest BCUT2D eigenvalue weighted by Gasteiger charge is -2.30. The Morgan fingerprint density at radius 3 is 2.64 bits per heavy atom. The number of carboxylic acid groups (broad SMARTS) is 1. The summed E-state index contributed by atoms with van der Waals surface area (Å²) in [4.78, 5) is 41.3. The van der Waals surface area contributed by atoms with Crippen molar-refractivity contribution in [2.45, 2.75) is 12.5 Å². The molecule has 1 aliphatic rings. The number of rotatable bonds is 3. The van der Waals surface area contributed by atoms with E-state index in [0.717, 1.165) is 4.90 Å². The first kappa shape index (κ1) is 13.9. The SMILES string of the molecule is O=C(O)C1C(=O)N(Cc2cccnc2)C(=O)c2ccccc21. The van der Waals surface area contributed by atoms with E-state index in [1.165, 1.54) is 18.3 Å². The fourth-order valence-electron chi connectivity index (χ4n) is 2.54. The molecule has 1 aliphatic heterocycles. The number of pyridine rings is 1. The molecule has 0 saturated heterocycles. The quantitative estimate of drug-likeness (QED) is 0.684. The molecule has 2 amide bonds. The van der Waals surface area contributed by atoms with Crippen LogP contribution >= 0.6 is 0 Å². The zero-order valence-corrected chi connectivity index (χ0v) is 11.5. The van der Waals surface area contributed by atoms with Crippen LogP contribution in [0.1, 0.15) is 27.4 Å². The van der Waals surface area contributed by atoms with E-state index in [4.69, 9.17) is 0 Å². The van der Waals surface area contributed by atoms with Gasteiger partial charge >= 0.3 is 5.97 Å². The molecule has 0 bridgehead atoms. The fourth-order valence-corrected chi connectivity index (χ4v) is 2.54. The van der Waals surface area contributed by atoms with Gasteiger partial charge in [-0.25, -0.2) is 0 Å². The van der Waals surface area contributed by atoms with Gasteiger partial charge in [-0.05, 0) is 23.3 Å². The highest BCUT2D eigenvalue weighted by Crippen LogP contribution is 2.30. The number of hydrogen-bond donors (Lipinski definition) is 1. The monoisotopic (exact) mass is 296 g/mol. The maximum atomic E-state index is 12.5. The lowest BCUT2D eigenvalue weighted by atomic mass is 9.88. The van der Waals surface area contributed by atoms with Crippen LogP contribution in [0.25, 0.3) is 0 Å². The molecule has 0 fully saturated rings. The molecule has 0 aliphatic carbocycles. The number of carboxylic acids is 1. The Labute approximate surface area is 126 Å². The second-order valence-corrected chi connectivity index (χ2v) is 4.95. The number of nitrogens with zero attached hydrogens (tertiary/aromatic N) is 2. The van der Waals surface area contributed by atoms with Gasteiger partial charge in [-0.3, -0.25) is 24.3 Å². The third-order valence-electron chi connectivity index (χ3n) is 3.57. The van der Waals surface area contributed by atoms with Crippen LogP contribution in [0, 0.1) is 0 Å². The lowest BCUT2D eigenvalue weighted by molar-refractivity contribution is -0.146. The molecule has 2 aromatic rings. The van der Waals surface area contributed by atoms with Crippen LogP contribution < -0.4 is 0 Å². The standard InChI is InChI=1S/C16H12N2O4/c19-14-12-6-2-1-5-11(12)13(16(21)22)15(20)18(14)9-10-4-3-7-17-8-10/h1-8,13H,9H2,(H,21,22). The van der Waals surface area contributed by atoms with Crippen LogP contribution in [-0.2, 0) is 16.1 Å². The van der Waals surface area contributed by atoms with Crippen LogP contribution in [0.4, 0.5) is 0 Å². The Bertz CT molecular complexity index is 758. The van der Waals surface area contributed by atoms with Crippen molar-refractivity contribution in [1.29, 1.82) is 0 Å². The van der Waals surface area contributed by atoms with Crippen molar-refractivity contribution in [2.75, 3.05) is 0 Å². The molecule has 110 valence electrons. The number of carbonyl (C=O) groups is 3. The van der Waals surface area contributed by atoms with Gasteiger partial charge in [0.1, 0.15) is 0 Å². The summed E-state index contributed by atoms with van der Waals surface area (Å²) in [5.74, 6) is -3.83. The summed E-state index contributed by atoms with van der Waals surface area (Å²) < 4.78 is 0. The molecule has 1 atom stereocenters. The Hall–Kier alpha value is -3.02. The minimum atomic E-state index is -1.36. The molecule has 3 rings (SSSR count). The highest BCUT2D eigenvalue weighted by atomic mass is 16.4. The van der Waals surface area contributed by atoms with Gasteiger partial charge in [-0.1, -0.05) is 24.3 Å². The van der Waals surface area contributed by atoms with Gasteiger partial charge in [-0.2, -0.15) is 0 Å². The van der Waals surface area contributed by atoms with Crippen LogP contribution in [0.5, 0.6) is 0 Å². The zero-order chi connectivity index (χ0) is 15.7. The summed E-state index contributed by atoms with van der Waals surface area (Å²) in [7, 11) is 0. The first-order valence-corrected chi connectivity index (χ1v) is 6.66. The average molecular weight is 296 g/mol. The molecule has 1 N–H and O–H groups in total. The van der Waals surface area contributed by atoms with Gasteiger partial charge in [0.15, 0.2) is 5.92 Å². The van der Waals surface area contributed by atoms with Gasteiger partial charge in [0.05, 0.1) is 6.54 Å². The van der Waals surface area contributed by atoms with Crippen molar-refractivity contribution >= 4 is 17.8 Å². The number of aromatic nitrogens is 1.